The lowest BCUT2D eigenvalue weighted by Gasteiger charge is -2.16. The molecule has 0 radical (unpaired) electrons. The highest BCUT2D eigenvalue weighted by Gasteiger charge is 2.12. The summed E-state index contributed by atoms with van der Waals surface area (Å²) >= 11 is 8.34. The number of nitrogens with one attached hydrogen (secondary N) is 1. The Labute approximate surface area is 220 Å². The summed E-state index contributed by atoms with van der Waals surface area (Å²) in [5.74, 6) is 1.33. The monoisotopic (exact) mass is 514 g/mol. The number of aromatic nitrogens is 1. The highest BCUT2D eigenvalue weighted by Crippen LogP contribution is 2.35. The maximum atomic E-state index is 6.62. The molecule has 1 aromatic heterocycles. The van der Waals surface area contributed by atoms with Crippen molar-refractivity contribution in [1.82, 2.24) is 4.98 Å². The summed E-state index contributed by atoms with van der Waals surface area (Å²) in [6, 6.07) is 28.5. The molecule has 0 saturated carbocycles. The van der Waals surface area contributed by atoms with Crippen molar-refractivity contribution >= 4 is 38.8 Å². The van der Waals surface area contributed by atoms with E-state index in [4.69, 9.17) is 26.1 Å². The van der Waals surface area contributed by atoms with Gasteiger partial charge >= 0.3 is 0 Å². The van der Waals surface area contributed by atoms with E-state index < -0.39 is 0 Å². The van der Waals surface area contributed by atoms with Crippen LogP contribution in [-0.4, -0.2) is 11.6 Å². The molecule has 1 N–H and O–H groups in total. The molecule has 6 heteroatoms. The average molecular weight is 515 g/mol. The minimum Gasteiger partial charge on any atom is -0.490 e. The van der Waals surface area contributed by atoms with Gasteiger partial charge in [-0.05, 0) is 73.0 Å². The van der Waals surface area contributed by atoms with Crippen molar-refractivity contribution in [2.45, 2.75) is 27.0 Å². The Morgan fingerprint density at radius 3 is 2.44 bits per heavy atom. The zero-order chi connectivity index (χ0) is 24.9. The van der Waals surface area contributed by atoms with E-state index in [1.165, 1.54) is 10.3 Å². The van der Waals surface area contributed by atoms with Gasteiger partial charge < -0.3 is 14.8 Å². The second-order valence-corrected chi connectivity index (χ2v) is 9.96. The highest BCUT2D eigenvalue weighted by atomic mass is 35.5. The first-order chi connectivity index (χ1) is 17.6. The fourth-order valence-electron chi connectivity index (χ4n) is 3.91. The van der Waals surface area contributed by atoms with Crippen LogP contribution in [0.4, 0.5) is 5.69 Å². The first-order valence-electron chi connectivity index (χ1n) is 11.9. The third-order valence-electron chi connectivity index (χ3n) is 5.81. The van der Waals surface area contributed by atoms with Crippen molar-refractivity contribution in [3.63, 3.8) is 0 Å². The van der Waals surface area contributed by atoms with Crippen LogP contribution in [0.5, 0.6) is 11.5 Å². The second kappa shape index (κ2) is 11.0. The minimum absolute atomic E-state index is 0.454. The first kappa shape index (κ1) is 24.2. The van der Waals surface area contributed by atoms with Crippen molar-refractivity contribution in [2.75, 3.05) is 11.9 Å². The van der Waals surface area contributed by atoms with Crippen LogP contribution >= 0.6 is 22.9 Å². The number of benzene rings is 4. The van der Waals surface area contributed by atoms with Gasteiger partial charge in [-0.25, -0.2) is 4.98 Å². The van der Waals surface area contributed by atoms with E-state index in [1.54, 1.807) is 11.3 Å². The van der Waals surface area contributed by atoms with Crippen LogP contribution in [0.25, 0.3) is 20.8 Å². The number of hydrogen-bond acceptors (Lipinski definition) is 5. The summed E-state index contributed by atoms with van der Waals surface area (Å²) in [7, 11) is 0. The molecule has 0 amide bonds. The number of anilines is 1. The van der Waals surface area contributed by atoms with Crippen LogP contribution in [0, 0.1) is 6.92 Å². The largest absolute Gasteiger partial charge is 0.490 e. The predicted octanol–water partition coefficient (Wildman–Crippen LogP) is 8.51. The van der Waals surface area contributed by atoms with Gasteiger partial charge in [-0.1, -0.05) is 48.0 Å². The fourth-order valence-corrected chi connectivity index (χ4v) is 5.20. The number of thiazole rings is 1. The molecule has 182 valence electrons. The smallest absolute Gasteiger partial charge is 0.163 e. The minimum atomic E-state index is 0.454. The maximum Gasteiger partial charge on any atom is 0.163 e. The number of ether oxygens (including phenoxy) is 2. The summed E-state index contributed by atoms with van der Waals surface area (Å²) in [6.45, 7) is 5.63. The quantitative estimate of drug-likeness (QED) is 0.214. The molecule has 0 bridgehead atoms. The Hall–Kier alpha value is -3.54. The van der Waals surface area contributed by atoms with E-state index in [-0.39, 0.29) is 0 Å². The molecular formula is C30H27ClN2O2S. The van der Waals surface area contributed by atoms with E-state index in [2.05, 4.69) is 54.7 Å². The molecule has 0 aliphatic carbocycles. The van der Waals surface area contributed by atoms with Gasteiger partial charge in [-0.3, -0.25) is 0 Å². The van der Waals surface area contributed by atoms with Gasteiger partial charge in [0.2, 0.25) is 0 Å². The Balaban J connectivity index is 1.27. The van der Waals surface area contributed by atoms with Crippen molar-refractivity contribution < 1.29 is 9.47 Å². The van der Waals surface area contributed by atoms with Crippen LogP contribution in [0.15, 0.2) is 84.9 Å². The van der Waals surface area contributed by atoms with Gasteiger partial charge in [0.05, 0.1) is 16.8 Å². The molecule has 1 heterocycles. The predicted molar refractivity (Wildman–Crippen MR) is 151 cm³/mol. The number of halogens is 1. The molecular weight excluding hydrogens is 488 g/mol. The normalized spacial score (nSPS) is 11.0. The maximum absolute atomic E-state index is 6.62. The molecule has 0 saturated heterocycles. The lowest BCUT2D eigenvalue weighted by molar-refractivity contribution is 0.269. The highest BCUT2D eigenvalue weighted by molar-refractivity contribution is 7.21. The topological polar surface area (TPSA) is 43.4 Å². The number of hydrogen-bond donors (Lipinski definition) is 1. The number of fused-ring (bicyclic) bond motifs is 1. The second-order valence-electron chi connectivity index (χ2n) is 8.52. The van der Waals surface area contributed by atoms with Crippen molar-refractivity contribution in [1.29, 1.82) is 0 Å². The third-order valence-corrected chi connectivity index (χ3v) is 7.23. The summed E-state index contributed by atoms with van der Waals surface area (Å²) < 4.78 is 13.1. The van der Waals surface area contributed by atoms with E-state index in [9.17, 15) is 0 Å². The first-order valence-corrected chi connectivity index (χ1v) is 13.1. The molecule has 0 atom stereocenters. The van der Waals surface area contributed by atoms with Gasteiger partial charge in [-0.15, -0.1) is 11.3 Å². The van der Waals surface area contributed by atoms with Crippen LogP contribution in [0.1, 0.15) is 23.6 Å². The van der Waals surface area contributed by atoms with Gasteiger partial charge in [0, 0.05) is 28.9 Å². The van der Waals surface area contributed by atoms with Gasteiger partial charge in [0.25, 0.3) is 0 Å². The Morgan fingerprint density at radius 2 is 1.67 bits per heavy atom. The Kier molecular flexibility index (Phi) is 7.40. The van der Waals surface area contributed by atoms with Gasteiger partial charge in [-0.2, -0.15) is 0 Å². The molecule has 5 aromatic rings. The molecule has 0 unspecified atom stereocenters. The molecule has 4 nitrogen and oxygen atoms in total. The van der Waals surface area contributed by atoms with Crippen LogP contribution in [0.2, 0.25) is 5.02 Å². The van der Waals surface area contributed by atoms with Crippen molar-refractivity contribution in [3.05, 3.63) is 107 Å². The van der Waals surface area contributed by atoms with Gasteiger partial charge in [0.15, 0.2) is 11.5 Å². The number of rotatable bonds is 9. The molecule has 4 aromatic carbocycles. The van der Waals surface area contributed by atoms with Crippen LogP contribution in [-0.2, 0) is 13.2 Å². The van der Waals surface area contributed by atoms with E-state index in [1.807, 2.05) is 49.4 Å². The van der Waals surface area contributed by atoms with E-state index in [0.717, 1.165) is 32.9 Å². The zero-order valence-electron chi connectivity index (χ0n) is 20.3. The molecule has 0 spiro atoms. The summed E-state index contributed by atoms with van der Waals surface area (Å²) in [4.78, 5) is 4.78. The summed E-state index contributed by atoms with van der Waals surface area (Å²) in [5.41, 5.74) is 6.44. The van der Waals surface area contributed by atoms with Crippen LogP contribution < -0.4 is 14.8 Å². The standard InChI is InChI=1S/C30H27ClN2O2S/c1-3-34-27-16-23(25(31)17-28(27)35-19-21-7-5-4-6-8-21)18-32-24-12-10-22(11-13-24)30-33-26-14-9-20(2)15-29(26)36-30/h4-17,32H,3,18-19H2,1-2H3. The fraction of sp³-hybridized carbons (Fsp3) is 0.167. The lowest BCUT2D eigenvalue weighted by atomic mass is 10.1. The Bertz CT molecular complexity index is 1470. The summed E-state index contributed by atoms with van der Waals surface area (Å²) in [5, 5.41) is 5.12. The van der Waals surface area contributed by atoms with Crippen molar-refractivity contribution in [2.24, 2.45) is 0 Å². The molecule has 0 fully saturated rings. The molecule has 5 rings (SSSR count). The van der Waals surface area contributed by atoms with E-state index in [0.29, 0.717) is 36.3 Å². The average Bonchev–Trinajstić information content (AvgIpc) is 3.32. The SMILES string of the molecule is CCOc1cc(CNc2ccc(-c3nc4ccc(C)cc4s3)cc2)c(Cl)cc1OCc1ccccc1. The molecule has 0 aliphatic rings. The number of aryl methyl sites for hydroxylation is 1. The summed E-state index contributed by atoms with van der Waals surface area (Å²) in [6.07, 6.45) is 0. The lowest BCUT2D eigenvalue weighted by Crippen LogP contribution is -2.04. The van der Waals surface area contributed by atoms with Gasteiger partial charge in [0.1, 0.15) is 11.6 Å². The zero-order valence-corrected chi connectivity index (χ0v) is 21.8. The molecule has 36 heavy (non-hydrogen) atoms. The van der Waals surface area contributed by atoms with Crippen molar-refractivity contribution in [3.8, 4) is 22.1 Å². The third kappa shape index (κ3) is 5.64. The van der Waals surface area contributed by atoms with Crippen LogP contribution in [0.3, 0.4) is 0 Å². The number of nitrogens with zero attached hydrogens (tertiary/aromatic N) is 1. The Morgan fingerprint density at radius 1 is 0.889 bits per heavy atom. The van der Waals surface area contributed by atoms with E-state index >= 15 is 0 Å². The molecule has 0 aliphatic heterocycles.